The van der Waals surface area contributed by atoms with Crippen LogP contribution in [0.4, 0.5) is 4.39 Å². The molecule has 9 heteroatoms. The third kappa shape index (κ3) is 7.30. The maximum Gasteiger partial charge on any atom is 0.245 e. The second-order valence-electron chi connectivity index (χ2n) is 11.3. The number of pyridine rings is 1. The zero-order chi connectivity index (χ0) is 28.2. The quantitative estimate of drug-likeness (QED) is 0.300. The molecule has 1 fully saturated rings. The fraction of sp³-hybridized carbons (Fsp3) is 0.433. The number of carbonyl (C=O) groups is 1. The van der Waals surface area contributed by atoms with E-state index < -0.39 is 5.95 Å². The van der Waals surface area contributed by atoms with Crippen molar-refractivity contribution < 1.29 is 18.7 Å². The molecule has 0 spiro atoms. The average molecular weight is 536 g/mol. The largest absolute Gasteiger partial charge is 0.476 e. The standard InChI is InChI=1S/C30H38FN5O3/c1-29(2)17-22(18-30(3,4)39-29)27(20-9-11-24-23(16-20)28(31)35-34-24)21-10-12-25(33-19-21)38-15-14-32-13-7-8-26(37)36(5)6/h7-12,16,19,32H,13-15,17-18H2,1-6H3,(H,34,35)/b8-7+. The van der Waals surface area contributed by atoms with Crippen molar-refractivity contribution in [3.05, 3.63) is 71.3 Å². The van der Waals surface area contributed by atoms with Crippen LogP contribution >= 0.6 is 0 Å². The summed E-state index contributed by atoms with van der Waals surface area (Å²) in [7, 11) is 3.43. The van der Waals surface area contributed by atoms with E-state index in [0.717, 1.165) is 29.5 Å². The number of rotatable bonds is 9. The number of fused-ring (bicyclic) bond motifs is 1. The molecule has 2 N–H and O–H groups in total. The van der Waals surface area contributed by atoms with Crippen molar-refractivity contribution in [2.45, 2.75) is 51.7 Å². The molecule has 4 rings (SSSR count). The Morgan fingerprint density at radius 2 is 1.87 bits per heavy atom. The van der Waals surface area contributed by atoms with Crippen molar-refractivity contribution in [3.8, 4) is 5.88 Å². The van der Waals surface area contributed by atoms with Crippen molar-refractivity contribution in [3.63, 3.8) is 0 Å². The summed E-state index contributed by atoms with van der Waals surface area (Å²) < 4.78 is 26.6. The van der Waals surface area contributed by atoms with Crippen molar-refractivity contribution in [1.29, 1.82) is 0 Å². The fourth-order valence-electron chi connectivity index (χ4n) is 5.13. The minimum Gasteiger partial charge on any atom is -0.476 e. The smallest absolute Gasteiger partial charge is 0.245 e. The predicted octanol–water partition coefficient (Wildman–Crippen LogP) is 4.88. The topological polar surface area (TPSA) is 92.4 Å². The van der Waals surface area contributed by atoms with Gasteiger partial charge >= 0.3 is 0 Å². The van der Waals surface area contributed by atoms with Crippen molar-refractivity contribution in [1.82, 2.24) is 25.4 Å². The highest BCUT2D eigenvalue weighted by Crippen LogP contribution is 2.43. The maximum absolute atomic E-state index is 14.4. The minimum absolute atomic E-state index is 0.0469. The molecule has 8 nitrogen and oxygen atoms in total. The fourth-order valence-corrected chi connectivity index (χ4v) is 5.13. The van der Waals surface area contributed by atoms with E-state index in [1.807, 2.05) is 36.5 Å². The molecule has 0 bridgehead atoms. The van der Waals surface area contributed by atoms with Gasteiger partial charge in [-0.05, 0) is 69.9 Å². The molecule has 0 unspecified atom stereocenters. The van der Waals surface area contributed by atoms with Gasteiger partial charge in [0.2, 0.25) is 17.7 Å². The van der Waals surface area contributed by atoms with E-state index in [-0.39, 0.29) is 17.1 Å². The number of hydrogen-bond acceptors (Lipinski definition) is 6. The summed E-state index contributed by atoms with van der Waals surface area (Å²) in [6, 6.07) is 9.53. The van der Waals surface area contributed by atoms with Gasteiger partial charge in [-0.25, -0.2) is 4.98 Å². The lowest BCUT2D eigenvalue weighted by Gasteiger charge is -2.43. The van der Waals surface area contributed by atoms with E-state index in [1.165, 1.54) is 10.5 Å². The number of amides is 1. The summed E-state index contributed by atoms with van der Waals surface area (Å²) in [5.41, 5.74) is 4.01. The molecule has 2 aromatic heterocycles. The Morgan fingerprint density at radius 3 is 2.54 bits per heavy atom. The molecule has 1 saturated heterocycles. The minimum atomic E-state index is -0.445. The van der Waals surface area contributed by atoms with Crippen LogP contribution in [0.2, 0.25) is 0 Å². The Bertz CT molecular complexity index is 1360. The number of benzene rings is 1. The molecular formula is C30H38FN5O3. The van der Waals surface area contributed by atoms with Crippen molar-refractivity contribution in [2.24, 2.45) is 0 Å². The van der Waals surface area contributed by atoms with Crippen LogP contribution in [0.1, 0.15) is 51.7 Å². The first-order chi connectivity index (χ1) is 18.4. The number of likely N-dealkylation sites (N-methyl/N-ethyl adjacent to an activating group) is 1. The summed E-state index contributed by atoms with van der Waals surface area (Å²) in [6.07, 6.45) is 6.63. The van der Waals surface area contributed by atoms with Gasteiger partial charge in [0.15, 0.2) is 0 Å². The molecule has 1 aliphatic rings. The Hall–Kier alpha value is -3.56. The van der Waals surface area contributed by atoms with Crippen molar-refractivity contribution >= 4 is 22.4 Å². The SMILES string of the molecule is CN(C)C(=O)/C=C/CNCCOc1ccc(C(=C2CC(C)(C)OC(C)(C)C2)c2ccc3n[nH]c(F)c3c2)cn1. The number of aromatic amines is 1. The molecule has 1 aromatic carbocycles. The van der Waals surface area contributed by atoms with Gasteiger partial charge in [-0.2, -0.15) is 9.49 Å². The van der Waals surface area contributed by atoms with Gasteiger partial charge in [-0.15, -0.1) is 0 Å². The van der Waals surface area contributed by atoms with E-state index in [9.17, 15) is 9.18 Å². The molecule has 3 aromatic rings. The normalized spacial score (nSPS) is 16.5. The van der Waals surface area contributed by atoms with Crippen molar-refractivity contribution in [2.75, 3.05) is 33.8 Å². The van der Waals surface area contributed by atoms with Gasteiger partial charge in [0, 0.05) is 51.1 Å². The van der Waals surface area contributed by atoms with Crippen LogP contribution in [0.25, 0.3) is 16.5 Å². The molecule has 0 saturated carbocycles. The second-order valence-corrected chi connectivity index (χ2v) is 11.3. The van der Waals surface area contributed by atoms with Crippen LogP contribution in [-0.4, -0.2) is 71.0 Å². The average Bonchev–Trinajstić information content (AvgIpc) is 3.22. The number of ether oxygens (including phenoxy) is 2. The van der Waals surface area contributed by atoms with E-state index in [2.05, 4.69) is 48.2 Å². The monoisotopic (exact) mass is 535 g/mol. The van der Waals surface area contributed by atoms with Gasteiger partial charge in [0.25, 0.3) is 0 Å². The Kier molecular flexibility index (Phi) is 8.51. The first kappa shape index (κ1) is 28.4. The lowest BCUT2D eigenvalue weighted by atomic mass is 9.79. The molecule has 1 aliphatic heterocycles. The molecule has 0 radical (unpaired) electrons. The molecule has 3 heterocycles. The number of halogens is 1. The van der Waals surface area contributed by atoms with E-state index in [1.54, 1.807) is 26.2 Å². The number of hydrogen-bond donors (Lipinski definition) is 2. The van der Waals surface area contributed by atoms with Crippen LogP contribution in [0.3, 0.4) is 0 Å². The second kappa shape index (κ2) is 11.7. The van der Waals surface area contributed by atoms with E-state index in [4.69, 9.17) is 9.47 Å². The zero-order valence-corrected chi connectivity index (χ0v) is 23.6. The van der Waals surface area contributed by atoms with Crippen LogP contribution in [0.15, 0.2) is 54.3 Å². The number of H-pyrrole nitrogens is 1. The summed E-state index contributed by atoms with van der Waals surface area (Å²) in [5.74, 6) is 0.0284. The number of nitrogens with zero attached hydrogens (tertiary/aromatic N) is 3. The van der Waals surface area contributed by atoms with Gasteiger partial charge < -0.3 is 19.7 Å². The zero-order valence-electron chi connectivity index (χ0n) is 23.6. The van der Waals surface area contributed by atoms with Gasteiger partial charge in [0.05, 0.1) is 22.1 Å². The van der Waals surface area contributed by atoms with Gasteiger partial charge in [-0.3, -0.25) is 9.89 Å². The molecule has 0 atom stereocenters. The van der Waals surface area contributed by atoms with Crippen LogP contribution in [0, 0.1) is 5.95 Å². The maximum atomic E-state index is 14.4. The Balaban J connectivity index is 1.53. The van der Waals surface area contributed by atoms with Crippen LogP contribution < -0.4 is 10.1 Å². The molecule has 208 valence electrons. The highest BCUT2D eigenvalue weighted by atomic mass is 19.1. The summed E-state index contributed by atoms with van der Waals surface area (Å²) in [5, 5.41) is 10.1. The molecule has 1 amide bonds. The summed E-state index contributed by atoms with van der Waals surface area (Å²) >= 11 is 0. The molecule has 0 aliphatic carbocycles. The van der Waals surface area contributed by atoms with E-state index >= 15 is 0 Å². The number of carbonyl (C=O) groups excluding carboxylic acids is 1. The van der Waals surface area contributed by atoms with Crippen LogP contribution in [0.5, 0.6) is 5.88 Å². The molecule has 39 heavy (non-hydrogen) atoms. The number of aromatic nitrogens is 3. The van der Waals surface area contributed by atoms with E-state index in [0.29, 0.717) is 36.5 Å². The highest BCUT2D eigenvalue weighted by Gasteiger charge is 2.38. The first-order valence-corrected chi connectivity index (χ1v) is 13.2. The lowest BCUT2D eigenvalue weighted by Crippen LogP contribution is -2.42. The van der Waals surface area contributed by atoms with Gasteiger partial charge in [0.1, 0.15) is 6.61 Å². The number of nitrogens with one attached hydrogen (secondary N) is 2. The Labute approximate surface area is 229 Å². The summed E-state index contributed by atoms with van der Waals surface area (Å²) in [4.78, 5) is 17.6. The summed E-state index contributed by atoms with van der Waals surface area (Å²) in [6.45, 7) is 10.0. The molecular weight excluding hydrogens is 497 g/mol. The van der Waals surface area contributed by atoms with Crippen LogP contribution in [-0.2, 0) is 9.53 Å². The predicted molar refractivity (Wildman–Crippen MR) is 151 cm³/mol. The third-order valence-electron chi connectivity index (χ3n) is 6.50. The lowest BCUT2D eigenvalue weighted by molar-refractivity contribution is -0.138. The third-order valence-corrected chi connectivity index (χ3v) is 6.50. The highest BCUT2D eigenvalue weighted by molar-refractivity contribution is 5.89. The Morgan fingerprint density at radius 1 is 1.15 bits per heavy atom. The first-order valence-electron chi connectivity index (χ1n) is 13.2. The van der Waals surface area contributed by atoms with Gasteiger partial charge in [-0.1, -0.05) is 17.7 Å².